The van der Waals surface area contributed by atoms with Crippen molar-refractivity contribution in [3.8, 4) is 11.8 Å². The lowest BCUT2D eigenvalue weighted by Gasteiger charge is -2.00. The lowest BCUT2D eigenvalue weighted by molar-refractivity contribution is -0.114. The van der Waals surface area contributed by atoms with Crippen LogP contribution in [-0.2, 0) is 9.59 Å². The fraction of sp³-hybridized carbons (Fsp3) is 0.231. The number of thioether (sulfide) groups is 1. The average molecular weight is 247 g/mol. The van der Waals surface area contributed by atoms with Crippen LogP contribution in [0.4, 0.5) is 5.69 Å². The summed E-state index contributed by atoms with van der Waals surface area (Å²) in [6, 6.07) is 7.25. The summed E-state index contributed by atoms with van der Waals surface area (Å²) >= 11 is 1.19. The first-order chi connectivity index (χ1) is 8.08. The Morgan fingerprint density at radius 1 is 1.24 bits per heavy atom. The van der Waals surface area contributed by atoms with Gasteiger partial charge in [-0.05, 0) is 24.3 Å². The van der Waals surface area contributed by atoms with Crippen LogP contribution in [-0.4, -0.2) is 16.8 Å². The molecule has 0 unspecified atom stereocenters. The first-order valence-corrected chi connectivity index (χ1v) is 6.06. The van der Waals surface area contributed by atoms with Gasteiger partial charge in [0.1, 0.15) is 0 Å². The highest BCUT2D eigenvalue weighted by Crippen LogP contribution is 2.08. The molecule has 1 rings (SSSR count). The Bertz CT molecular complexity index is 468. The minimum atomic E-state index is -0.0957. The minimum Gasteiger partial charge on any atom is -0.326 e. The van der Waals surface area contributed by atoms with Crippen molar-refractivity contribution in [2.75, 3.05) is 11.1 Å². The van der Waals surface area contributed by atoms with E-state index in [1.165, 1.54) is 25.6 Å². The Hall–Kier alpha value is -1.73. The third-order valence-corrected chi connectivity index (χ3v) is 2.48. The number of carbonyl (C=O) groups is 2. The van der Waals surface area contributed by atoms with E-state index in [-0.39, 0.29) is 11.0 Å². The third-order valence-electron chi connectivity index (χ3n) is 1.79. The minimum absolute atomic E-state index is 0.0697. The summed E-state index contributed by atoms with van der Waals surface area (Å²) in [5.41, 5.74) is 1.62. The van der Waals surface area contributed by atoms with E-state index in [0.717, 1.165) is 11.3 Å². The molecule has 4 heteroatoms. The molecule has 1 aromatic rings. The molecule has 0 radical (unpaired) electrons. The SMILES string of the molecule is CC(=O)Nc1ccc(C#CCSC(C)=O)cc1. The fourth-order valence-electron chi connectivity index (χ4n) is 1.12. The van der Waals surface area contributed by atoms with E-state index in [4.69, 9.17) is 0 Å². The summed E-state index contributed by atoms with van der Waals surface area (Å²) in [4.78, 5) is 21.5. The highest BCUT2D eigenvalue weighted by atomic mass is 32.2. The molecule has 88 valence electrons. The number of benzene rings is 1. The van der Waals surface area contributed by atoms with Gasteiger partial charge in [-0.2, -0.15) is 0 Å². The zero-order valence-electron chi connectivity index (χ0n) is 9.74. The molecule has 17 heavy (non-hydrogen) atoms. The summed E-state index contributed by atoms with van der Waals surface area (Å²) in [5, 5.41) is 2.75. The normalized spacial score (nSPS) is 9.06. The Balaban J connectivity index is 2.55. The van der Waals surface area contributed by atoms with Crippen molar-refractivity contribution < 1.29 is 9.59 Å². The molecule has 1 N–H and O–H groups in total. The van der Waals surface area contributed by atoms with Crippen LogP contribution in [0.15, 0.2) is 24.3 Å². The van der Waals surface area contributed by atoms with Gasteiger partial charge in [0.05, 0.1) is 5.75 Å². The second-order valence-corrected chi connectivity index (χ2v) is 4.49. The van der Waals surface area contributed by atoms with Crippen LogP contribution in [0.3, 0.4) is 0 Å². The van der Waals surface area contributed by atoms with E-state index in [1.807, 2.05) is 12.1 Å². The van der Waals surface area contributed by atoms with Crippen molar-refractivity contribution in [3.05, 3.63) is 29.8 Å². The largest absolute Gasteiger partial charge is 0.326 e. The Kier molecular flexibility index (Phi) is 5.31. The van der Waals surface area contributed by atoms with Gasteiger partial charge in [-0.1, -0.05) is 23.6 Å². The number of rotatable bonds is 2. The zero-order chi connectivity index (χ0) is 12.7. The van der Waals surface area contributed by atoms with E-state index < -0.39 is 0 Å². The number of carbonyl (C=O) groups excluding carboxylic acids is 2. The Morgan fingerprint density at radius 2 is 1.88 bits per heavy atom. The summed E-state index contributed by atoms with van der Waals surface area (Å²) in [7, 11) is 0. The summed E-state index contributed by atoms with van der Waals surface area (Å²) in [5.74, 6) is 6.25. The van der Waals surface area contributed by atoms with E-state index >= 15 is 0 Å². The smallest absolute Gasteiger partial charge is 0.221 e. The molecule has 0 aromatic heterocycles. The molecule has 0 spiro atoms. The number of nitrogens with one attached hydrogen (secondary N) is 1. The van der Waals surface area contributed by atoms with Gasteiger partial charge in [-0.25, -0.2) is 0 Å². The molecule has 0 aliphatic heterocycles. The summed E-state index contributed by atoms with van der Waals surface area (Å²) in [6.07, 6.45) is 0. The van der Waals surface area contributed by atoms with Gasteiger partial charge in [0.2, 0.25) is 5.91 Å². The van der Waals surface area contributed by atoms with Crippen molar-refractivity contribution >= 4 is 28.5 Å². The molecule has 0 saturated carbocycles. The maximum absolute atomic E-state index is 10.8. The first-order valence-electron chi connectivity index (χ1n) is 5.08. The molecule has 0 fully saturated rings. The molecular weight excluding hydrogens is 234 g/mol. The molecule has 0 bridgehead atoms. The van der Waals surface area contributed by atoms with Crippen LogP contribution >= 0.6 is 11.8 Å². The fourth-order valence-corrected chi connectivity index (χ4v) is 1.46. The number of hydrogen-bond donors (Lipinski definition) is 1. The molecule has 1 amide bonds. The van der Waals surface area contributed by atoms with Crippen LogP contribution in [0.25, 0.3) is 0 Å². The van der Waals surface area contributed by atoms with Crippen molar-refractivity contribution in [1.82, 2.24) is 0 Å². The quantitative estimate of drug-likeness (QED) is 0.815. The molecule has 1 aromatic carbocycles. The van der Waals surface area contributed by atoms with Crippen LogP contribution in [0.2, 0.25) is 0 Å². The van der Waals surface area contributed by atoms with Crippen LogP contribution in [0.1, 0.15) is 19.4 Å². The molecule has 3 nitrogen and oxygen atoms in total. The van der Waals surface area contributed by atoms with Crippen LogP contribution in [0.5, 0.6) is 0 Å². The summed E-state index contributed by atoms with van der Waals surface area (Å²) < 4.78 is 0. The number of anilines is 1. The molecule has 0 aliphatic carbocycles. The second-order valence-electron chi connectivity index (χ2n) is 3.34. The van der Waals surface area contributed by atoms with Crippen molar-refractivity contribution in [1.29, 1.82) is 0 Å². The predicted molar refractivity (Wildman–Crippen MR) is 70.8 cm³/mol. The zero-order valence-corrected chi connectivity index (χ0v) is 10.6. The van der Waals surface area contributed by atoms with Crippen molar-refractivity contribution in [2.24, 2.45) is 0 Å². The van der Waals surface area contributed by atoms with Gasteiger partial charge < -0.3 is 5.32 Å². The van der Waals surface area contributed by atoms with Crippen molar-refractivity contribution in [2.45, 2.75) is 13.8 Å². The van der Waals surface area contributed by atoms with Gasteiger partial charge in [0, 0.05) is 25.1 Å². The van der Waals surface area contributed by atoms with Gasteiger partial charge in [-0.3, -0.25) is 9.59 Å². The maximum atomic E-state index is 10.8. The number of amides is 1. The maximum Gasteiger partial charge on any atom is 0.221 e. The molecule has 0 atom stereocenters. The number of hydrogen-bond acceptors (Lipinski definition) is 3. The lowest BCUT2D eigenvalue weighted by atomic mass is 10.2. The average Bonchev–Trinajstić information content (AvgIpc) is 2.25. The summed E-state index contributed by atoms with van der Waals surface area (Å²) in [6.45, 7) is 2.99. The monoisotopic (exact) mass is 247 g/mol. The first kappa shape index (κ1) is 13.3. The highest BCUT2D eigenvalue weighted by molar-refractivity contribution is 8.13. The van der Waals surface area contributed by atoms with Crippen molar-refractivity contribution in [3.63, 3.8) is 0 Å². The van der Waals surface area contributed by atoms with E-state index in [1.54, 1.807) is 12.1 Å². The van der Waals surface area contributed by atoms with Crippen LogP contribution in [0, 0.1) is 11.8 Å². The molecule has 0 heterocycles. The van der Waals surface area contributed by atoms with Gasteiger partial charge in [0.25, 0.3) is 0 Å². The molecular formula is C13H13NO2S. The standard InChI is InChI=1S/C13H13NO2S/c1-10(15)14-13-7-5-12(6-8-13)4-3-9-17-11(2)16/h5-8H,9H2,1-2H3,(H,14,15). The molecule has 0 aliphatic rings. The highest BCUT2D eigenvalue weighted by Gasteiger charge is 1.94. The van der Waals surface area contributed by atoms with E-state index in [2.05, 4.69) is 17.2 Å². The Labute approximate surface area is 105 Å². The van der Waals surface area contributed by atoms with Gasteiger partial charge >= 0.3 is 0 Å². The predicted octanol–water partition coefficient (Wildman–Crippen LogP) is 2.28. The lowest BCUT2D eigenvalue weighted by Crippen LogP contribution is -2.05. The third kappa shape index (κ3) is 5.79. The van der Waals surface area contributed by atoms with Crippen LogP contribution < -0.4 is 5.32 Å². The Morgan fingerprint density at radius 3 is 2.41 bits per heavy atom. The van der Waals surface area contributed by atoms with Gasteiger partial charge in [0.15, 0.2) is 5.12 Å². The van der Waals surface area contributed by atoms with Gasteiger partial charge in [-0.15, -0.1) is 0 Å². The second kappa shape index (κ2) is 6.77. The molecule has 0 saturated heterocycles. The van der Waals surface area contributed by atoms with E-state index in [0.29, 0.717) is 5.75 Å². The topological polar surface area (TPSA) is 46.2 Å². The van der Waals surface area contributed by atoms with E-state index in [9.17, 15) is 9.59 Å².